The molecule has 0 aromatic carbocycles. The number of nitrogens with one attached hydrogen (secondary N) is 1. The van der Waals surface area contributed by atoms with Gasteiger partial charge in [0.1, 0.15) is 17.6 Å². The van der Waals surface area contributed by atoms with Crippen LogP contribution in [0.2, 0.25) is 0 Å². The molecule has 1 amide bonds. The largest absolute Gasteiger partial charge is 0.467 e. The van der Waals surface area contributed by atoms with Crippen LogP contribution in [0.5, 0.6) is 0 Å². The van der Waals surface area contributed by atoms with Crippen molar-refractivity contribution >= 4 is 28.7 Å². The Morgan fingerprint density at radius 1 is 1.29 bits per heavy atom. The molecule has 0 saturated heterocycles. The molecule has 4 heterocycles. The van der Waals surface area contributed by atoms with Crippen molar-refractivity contribution < 1.29 is 18.7 Å². The van der Waals surface area contributed by atoms with Gasteiger partial charge in [-0.3, -0.25) is 4.79 Å². The lowest BCUT2D eigenvalue weighted by atomic mass is 10.1. The number of aromatic nitrogens is 4. The number of anilines is 1. The molecule has 0 saturated carbocycles. The standard InChI is InChI=1S/C25H26N6O4/c1-14(2)31-24-21(11-27-31)19(9-15(3)28-24)25(33)35-13-22(32)29-23-20(10-26)16(4)17(5)30(23)12-18-7-6-8-34-18/h6-9,11,14H,12-13H2,1-5H3,(H,29,32). The van der Waals surface area contributed by atoms with Crippen LogP contribution in [0.25, 0.3) is 11.0 Å². The quantitative estimate of drug-likeness (QED) is 0.400. The summed E-state index contributed by atoms with van der Waals surface area (Å²) in [6.45, 7) is 9.22. The maximum Gasteiger partial charge on any atom is 0.339 e. The zero-order valence-corrected chi connectivity index (χ0v) is 20.2. The minimum Gasteiger partial charge on any atom is -0.467 e. The summed E-state index contributed by atoms with van der Waals surface area (Å²) >= 11 is 0. The summed E-state index contributed by atoms with van der Waals surface area (Å²) in [6.07, 6.45) is 3.14. The van der Waals surface area contributed by atoms with E-state index in [9.17, 15) is 14.9 Å². The van der Waals surface area contributed by atoms with E-state index in [2.05, 4.69) is 21.5 Å². The summed E-state index contributed by atoms with van der Waals surface area (Å²) in [6, 6.07) is 7.41. The average Bonchev–Trinajstić information content (AvgIpc) is 3.53. The van der Waals surface area contributed by atoms with Gasteiger partial charge in [0.15, 0.2) is 12.3 Å². The summed E-state index contributed by atoms with van der Waals surface area (Å²) in [5.41, 5.74) is 3.43. The fourth-order valence-corrected chi connectivity index (χ4v) is 3.95. The highest BCUT2D eigenvalue weighted by Crippen LogP contribution is 2.27. The normalized spacial score (nSPS) is 11.1. The van der Waals surface area contributed by atoms with Gasteiger partial charge >= 0.3 is 5.97 Å². The number of carbonyl (C=O) groups excluding carboxylic acids is 2. The van der Waals surface area contributed by atoms with E-state index in [0.29, 0.717) is 40.4 Å². The molecule has 10 nitrogen and oxygen atoms in total. The molecule has 0 aliphatic carbocycles. The summed E-state index contributed by atoms with van der Waals surface area (Å²) < 4.78 is 14.3. The van der Waals surface area contributed by atoms with Crippen LogP contribution in [0.4, 0.5) is 5.82 Å². The Bertz CT molecular complexity index is 1450. The first-order valence-corrected chi connectivity index (χ1v) is 11.1. The lowest BCUT2D eigenvalue weighted by Gasteiger charge is -2.12. The van der Waals surface area contributed by atoms with Crippen molar-refractivity contribution in [1.29, 1.82) is 5.26 Å². The number of aryl methyl sites for hydroxylation is 1. The third-order valence-electron chi connectivity index (χ3n) is 5.83. The molecule has 4 aromatic heterocycles. The predicted molar refractivity (Wildman–Crippen MR) is 128 cm³/mol. The van der Waals surface area contributed by atoms with Gasteiger partial charge in [-0.15, -0.1) is 0 Å². The summed E-state index contributed by atoms with van der Waals surface area (Å²) in [5, 5.41) is 17.3. The number of nitriles is 1. The molecule has 0 fully saturated rings. The van der Waals surface area contributed by atoms with Gasteiger partial charge in [0, 0.05) is 17.4 Å². The van der Waals surface area contributed by atoms with Crippen LogP contribution in [0.1, 0.15) is 58.5 Å². The number of hydrogen-bond donors (Lipinski definition) is 1. The van der Waals surface area contributed by atoms with Crippen LogP contribution in [0.15, 0.2) is 35.1 Å². The molecule has 0 spiro atoms. The van der Waals surface area contributed by atoms with Gasteiger partial charge < -0.3 is 19.0 Å². The van der Waals surface area contributed by atoms with Crippen LogP contribution in [0.3, 0.4) is 0 Å². The Hall–Kier alpha value is -4.39. The molecule has 0 atom stereocenters. The van der Waals surface area contributed by atoms with Gasteiger partial charge in [-0.25, -0.2) is 14.5 Å². The lowest BCUT2D eigenvalue weighted by Crippen LogP contribution is -2.23. The lowest BCUT2D eigenvalue weighted by molar-refractivity contribution is -0.119. The fourth-order valence-electron chi connectivity index (χ4n) is 3.95. The molecule has 180 valence electrons. The predicted octanol–water partition coefficient (Wildman–Crippen LogP) is 4.05. The van der Waals surface area contributed by atoms with Crippen molar-refractivity contribution in [3.8, 4) is 6.07 Å². The minimum absolute atomic E-state index is 0.0649. The van der Waals surface area contributed by atoms with E-state index in [1.165, 1.54) is 0 Å². The molecule has 4 aromatic rings. The molecule has 10 heteroatoms. The second kappa shape index (κ2) is 9.46. The minimum atomic E-state index is -0.655. The highest BCUT2D eigenvalue weighted by molar-refractivity contribution is 6.04. The summed E-state index contributed by atoms with van der Waals surface area (Å²) in [4.78, 5) is 30.1. The Balaban J connectivity index is 1.53. The number of ether oxygens (including phenoxy) is 1. The van der Waals surface area contributed by atoms with Gasteiger partial charge in [-0.1, -0.05) is 0 Å². The van der Waals surface area contributed by atoms with Gasteiger partial charge in [-0.2, -0.15) is 10.4 Å². The van der Waals surface area contributed by atoms with Gasteiger partial charge in [-0.05, 0) is 58.4 Å². The van der Waals surface area contributed by atoms with E-state index < -0.39 is 18.5 Å². The topological polar surface area (TPSA) is 128 Å². The van der Waals surface area contributed by atoms with Crippen LogP contribution in [-0.2, 0) is 16.1 Å². The molecule has 0 unspecified atom stereocenters. The fraction of sp³-hybridized carbons (Fsp3) is 0.320. The molecule has 0 radical (unpaired) electrons. The third-order valence-corrected chi connectivity index (χ3v) is 5.83. The number of pyridine rings is 1. The maximum absolute atomic E-state index is 12.9. The Kier molecular flexibility index (Phi) is 6.42. The van der Waals surface area contributed by atoms with Crippen molar-refractivity contribution in [2.75, 3.05) is 11.9 Å². The molecule has 0 aliphatic heterocycles. The molecule has 4 rings (SSSR count). The first kappa shape index (κ1) is 23.8. The van der Waals surface area contributed by atoms with Gasteiger partial charge in [0.05, 0.1) is 35.5 Å². The summed E-state index contributed by atoms with van der Waals surface area (Å²) in [7, 11) is 0. The number of rotatable bonds is 7. The average molecular weight is 475 g/mol. The van der Waals surface area contributed by atoms with Crippen LogP contribution in [0, 0.1) is 32.1 Å². The number of amides is 1. The number of esters is 1. The number of fused-ring (bicyclic) bond motifs is 1. The first-order chi connectivity index (χ1) is 16.7. The Labute approximate surface area is 202 Å². The first-order valence-electron chi connectivity index (χ1n) is 11.1. The molecule has 0 bridgehead atoms. The number of furan rings is 1. The zero-order valence-electron chi connectivity index (χ0n) is 20.2. The number of hydrogen-bond acceptors (Lipinski definition) is 7. The smallest absolute Gasteiger partial charge is 0.339 e. The molecular weight excluding hydrogens is 448 g/mol. The Morgan fingerprint density at radius 3 is 2.71 bits per heavy atom. The number of nitrogens with zero attached hydrogens (tertiary/aromatic N) is 5. The monoisotopic (exact) mass is 474 g/mol. The van der Waals surface area contributed by atoms with Crippen molar-refractivity contribution in [2.45, 2.75) is 47.2 Å². The molecule has 0 aliphatic rings. The highest BCUT2D eigenvalue weighted by atomic mass is 16.5. The molecule has 35 heavy (non-hydrogen) atoms. The van der Waals surface area contributed by atoms with Crippen molar-refractivity contribution in [1.82, 2.24) is 19.3 Å². The van der Waals surface area contributed by atoms with Crippen LogP contribution >= 0.6 is 0 Å². The van der Waals surface area contributed by atoms with Gasteiger partial charge in [0.2, 0.25) is 0 Å². The van der Waals surface area contributed by atoms with Gasteiger partial charge in [0.25, 0.3) is 5.91 Å². The van der Waals surface area contributed by atoms with E-state index in [1.54, 1.807) is 40.8 Å². The number of carbonyl (C=O) groups is 2. The van der Waals surface area contributed by atoms with Crippen molar-refractivity contribution in [3.05, 3.63) is 64.5 Å². The van der Waals surface area contributed by atoms with E-state index in [-0.39, 0.29) is 11.6 Å². The SMILES string of the molecule is Cc1cc(C(=O)OCC(=O)Nc2c(C#N)c(C)c(C)n2Cc2ccco2)c2cnn(C(C)C)c2n1. The van der Waals surface area contributed by atoms with E-state index >= 15 is 0 Å². The van der Waals surface area contributed by atoms with Crippen LogP contribution in [-0.4, -0.2) is 37.8 Å². The van der Waals surface area contributed by atoms with E-state index in [4.69, 9.17) is 9.15 Å². The van der Waals surface area contributed by atoms with E-state index in [0.717, 1.165) is 11.3 Å². The highest BCUT2D eigenvalue weighted by Gasteiger charge is 2.22. The molecular formula is C25H26N6O4. The summed E-state index contributed by atoms with van der Waals surface area (Å²) in [5.74, 6) is -0.209. The van der Waals surface area contributed by atoms with Crippen molar-refractivity contribution in [3.63, 3.8) is 0 Å². The van der Waals surface area contributed by atoms with E-state index in [1.807, 2.05) is 33.8 Å². The third kappa shape index (κ3) is 4.53. The van der Waals surface area contributed by atoms with Crippen LogP contribution < -0.4 is 5.32 Å². The maximum atomic E-state index is 12.9. The van der Waals surface area contributed by atoms with Crippen molar-refractivity contribution in [2.24, 2.45) is 0 Å². The molecule has 1 N–H and O–H groups in total. The second-order valence-corrected chi connectivity index (χ2v) is 8.57. The Morgan fingerprint density at radius 2 is 2.06 bits per heavy atom. The zero-order chi connectivity index (χ0) is 25.3. The second-order valence-electron chi connectivity index (χ2n) is 8.57.